The highest BCUT2D eigenvalue weighted by Gasteiger charge is 2.57. The molecule has 0 radical (unpaired) electrons. The van der Waals surface area contributed by atoms with Gasteiger partial charge >= 0.3 is 0 Å². The number of aliphatic imine (C=N–C) groups is 1. The molecule has 0 bridgehead atoms. The molecule has 7 heteroatoms. The van der Waals surface area contributed by atoms with Gasteiger partial charge in [0.25, 0.3) is 5.91 Å². The number of nitrogens with zero attached hydrogens (tertiary/aromatic N) is 5. The number of amidine groups is 1. The van der Waals surface area contributed by atoms with Gasteiger partial charge in [-0.15, -0.1) is 0 Å². The minimum atomic E-state index is -0.501. The molecule has 2 saturated carbocycles. The van der Waals surface area contributed by atoms with Crippen molar-refractivity contribution < 1.29 is 9.59 Å². The number of aromatic nitrogens is 2. The molecule has 3 fully saturated rings. The second-order valence-electron chi connectivity index (χ2n) is 9.84. The average Bonchev–Trinajstić information content (AvgIpc) is 3.74. The molecule has 2 amide bonds. The number of likely N-dealkylation sites (tertiary alicyclic amines) is 1. The summed E-state index contributed by atoms with van der Waals surface area (Å²) >= 11 is 0. The summed E-state index contributed by atoms with van der Waals surface area (Å²) in [6, 6.07) is 10.3. The number of carbonyl (C=O) groups excluding carboxylic acids is 2. The van der Waals surface area contributed by atoms with Gasteiger partial charge < -0.3 is 4.90 Å². The van der Waals surface area contributed by atoms with Crippen LogP contribution in [0.25, 0.3) is 11.3 Å². The molecule has 32 heavy (non-hydrogen) atoms. The van der Waals surface area contributed by atoms with Crippen LogP contribution in [-0.4, -0.2) is 62.4 Å². The van der Waals surface area contributed by atoms with E-state index < -0.39 is 5.54 Å². The molecule has 2 aliphatic carbocycles. The Kier molecular flexibility index (Phi) is 4.49. The third-order valence-corrected chi connectivity index (χ3v) is 7.50. The molecule has 166 valence electrons. The number of hydrogen-bond acceptors (Lipinski definition) is 4. The van der Waals surface area contributed by atoms with Gasteiger partial charge in [-0.05, 0) is 56.1 Å². The first-order chi connectivity index (χ1) is 15.5. The summed E-state index contributed by atoms with van der Waals surface area (Å²) in [7, 11) is 1.94. The Morgan fingerprint density at radius 1 is 1.03 bits per heavy atom. The van der Waals surface area contributed by atoms with Crippen molar-refractivity contribution in [2.75, 3.05) is 19.6 Å². The highest BCUT2D eigenvalue weighted by molar-refractivity contribution is 6.16. The number of piperidine rings is 1. The van der Waals surface area contributed by atoms with Gasteiger partial charge in [0, 0.05) is 44.4 Å². The summed E-state index contributed by atoms with van der Waals surface area (Å²) in [5.41, 5.74) is 2.65. The zero-order valence-electron chi connectivity index (χ0n) is 18.5. The van der Waals surface area contributed by atoms with Crippen LogP contribution >= 0.6 is 0 Å². The Balaban J connectivity index is 1.18. The molecular formula is C25H29N5O2. The van der Waals surface area contributed by atoms with E-state index in [-0.39, 0.29) is 11.8 Å². The van der Waals surface area contributed by atoms with Crippen molar-refractivity contribution in [2.24, 2.45) is 23.9 Å². The van der Waals surface area contributed by atoms with Crippen molar-refractivity contribution in [3.63, 3.8) is 0 Å². The fourth-order valence-corrected chi connectivity index (χ4v) is 5.12. The number of rotatable bonds is 5. The molecule has 7 nitrogen and oxygen atoms in total. The summed E-state index contributed by atoms with van der Waals surface area (Å²) in [5.74, 6) is 2.03. The summed E-state index contributed by atoms with van der Waals surface area (Å²) in [4.78, 5) is 34.5. The molecule has 2 aliphatic heterocycles. The van der Waals surface area contributed by atoms with Crippen LogP contribution in [0.4, 0.5) is 0 Å². The largest absolute Gasteiger partial charge is 0.342 e. The number of benzene rings is 1. The summed E-state index contributed by atoms with van der Waals surface area (Å²) < 4.78 is 1.86. The predicted octanol–water partition coefficient (Wildman–Crippen LogP) is 2.86. The zero-order chi connectivity index (χ0) is 21.9. The molecule has 0 atom stereocenters. The monoisotopic (exact) mass is 431 g/mol. The molecule has 1 saturated heterocycles. The van der Waals surface area contributed by atoms with Gasteiger partial charge in [0.1, 0.15) is 11.4 Å². The molecule has 0 N–H and O–H groups in total. The Morgan fingerprint density at radius 3 is 2.31 bits per heavy atom. The van der Waals surface area contributed by atoms with Gasteiger partial charge in [0.15, 0.2) is 0 Å². The van der Waals surface area contributed by atoms with Crippen LogP contribution < -0.4 is 0 Å². The van der Waals surface area contributed by atoms with Crippen LogP contribution in [0.1, 0.15) is 44.1 Å². The van der Waals surface area contributed by atoms with Crippen molar-refractivity contribution >= 4 is 17.6 Å². The van der Waals surface area contributed by atoms with Crippen molar-refractivity contribution in [2.45, 2.75) is 44.1 Å². The van der Waals surface area contributed by atoms with Crippen molar-refractivity contribution in [3.05, 3.63) is 42.1 Å². The number of carbonyl (C=O) groups is 2. The lowest BCUT2D eigenvalue weighted by atomic mass is 9.95. The van der Waals surface area contributed by atoms with Gasteiger partial charge in [0.05, 0.1) is 5.69 Å². The van der Waals surface area contributed by atoms with E-state index in [1.54, 1.807) is 6.20 Å². The summed E-state index contributed by atoms with van der Waals surface area (Å²) in [6.07, 6.45) is 7.54. The molecule has 4 aliphatic rings. The minimum Gasteiger partial charge on any atom is -0.342 e. The van der Waals surface area contributed by atoms with Gasteiger partial charge in [-0.3, -0.25) is 24.2 Å². The summed E-state index contributed by atoms with van der Waals surface area (Å²) in [6.45, 7) is 2.34. The molecule has 6 rings (SSSR count). The first-order valence-electron chi connectivity index (χ1n) is 11.8. The van der Waals surface area contributed by atoms with Gasteiger partial charge in [-0.25, -0.2) is 0 Å². The third-order valence-electron chi connectivity index (χ3n) is 7.50. The fourth-order valence-electron chi connectivity index (χ4n) is 5.12. The van der Waals surface area contributed by atoms with E-state index in [4.69, 9.17) is 4.99 Å². The zero-order valence-corrected chi connectivity index (χ0v) is 18.5. The number of hydrogen-bond donors (Lipinski definition) is 0. The first kappa shape index (κ1) is 19.7. The molecule has 0 unspecified atom stereocenters. The lowest BCUT2D eigenvalue weighted by molar-refractivity contribution is -0.134. The number of amides is 2. The molecular weight excluding hydrogens is 402 g/mol. The van der Waals surface area contributed by atoms with Crippen molar-refractivity contribution in [1.29, 1.82) is 0 Å². The Labute approximate surface area is 188 Å². The maximum atomic E-state index is 13.3. The summed E-state index contributed by atoms with van der Waals surface area (Å²) in [5, 5.41) is 4.25. The lowest BCUT2D eigenvalue weighted by Gasteiger charge is -2.34. The van der Waals surface area contributed by atoms with Crippen LogP contribution in [0.3, 0.4) is 0 Å². The normalized spacial score (nSPS) is 22.5. The predicted molar refractivity (Wildman–Crippen MR) is 121 cm³/mol. The van der Waals surface area contributed by atoms with E-state index in [0.29, 0.717) is 18.4 Å². The molecule has 1 aromatic heterocycles. The van der Waals surface area contributed by atoms with Crippen LogP contribution in [-0.2, 0) is 16.6 Å². The van der Waals surface area contributed by atoms with Crippen molar-refractivity contribution in [1.82, 2.24) is 19.6 Å². The standard InChI is InChI=1S/C25H29N5O2/c1-28-21(8-13-26-28)18-2-4-19(5-3-18)22-27-25(11-12-25)24(32)30(22)16-17-9-14-29(15-10-17)23(31)20-6-7-20/h2-5,8,13,17,20H,6-7,9-12,14-16H2,1H3. The van der Waals surface area contributed by atoms with E-state index in [2.05, 4.69) is 29.4 Å². The van der Waals surface area contributed by atoms with Gasteiger partial charge in [-0.2, -0.15) is 5.10 Å². The maximum absolute atomic E-state index is 13.3. The smallest absolute Gasteiger partial charge is 0.256 e. The third kappa shape index (κ3) is 3.34. The van der Waals surface area contributed by atoms with E-state index in [1.807, 2.05) is 27.6 Å². The Hall–Kier alpha value is -2.96. The highest BCUT2D eigenvalue weighted by atomic mass is 16.2. The Bertz CT molecular complexity index is 1090. The highest BCUT2D eigenvalue weighted by Crippen LogP contribution is 2.46. The molecule has 1 aromatic carbocycles. The fraction of sp³-hybridized carbons (Fsp3) is 0.520. The Morgan fingerprint density at radius 2 is 1.72 bits per heavy atom. The van der Waals surface area contributed by atoms with E-state index in [1.165, 1.54) is 0 Å². The maximum Gasteiger partial charge on any atom is 0.256 e. The molecule has 3 heterocycles. The van der Waals surface area contributed by atoms with Gasteiger partial charge in [-0.1, -0.05) is 24.3 Å². The van der Waals surface area contributed by atoms with Crippen LogP contribution in [0.15, 0.2) is 41.5 Å². The van der Waals surface area contributed by atoms with Crippen LogP contribution in [0, 0.1) is 11.8 Å². The lowest BCUT2D eigenvalue weighted by Crippen LogP contribution is -2.45. The quantitative estimate of drug-likeness (QED) is 0.731. The van der Waals surface area contributed by atoms with Gasteiger partial charge in [0.2, 0.25) is 5.91 Å². The SMILES string of the molecule is Cn1nccc1-c1ccc(C2=NC3(CC3)C(=O)N2CC2CCN(C(=O)C3CC3)CC2)cc1. The molecule has 2 aromatic rings. The minimum absolute atomic E-state index is 0.166. The molecule has 1 spiro atoms. The van der Waals surface area contributed by atoms with E-state index in [9.17, 15) is 9.59 Å². The van der Waals surface area contributed by atoms with Crippen molar-refractivity contribution in [3.8, 4) is 11.3 Å². The second-order valence-corrected chi connectivity index (χ2v) is 9.84. The van der Waals surface area contributed by atoms with E-state index >= 15 is 0 Å². The second kappa shape index (κ2) is 7.29. The van der Waals surface area contributed by atoms with Crippen LogP contribution in [0.5, 0.6) is 0 Å². The first-order valence-corrected chi connectivity index (χ1v) is 11.8. The number of aryl methyl sites for hydroxylation is 1. The topological polar surface area (TPSA) is 70.8 Å². The van der Waals surface area contributed by atoms with Crippen LogP contribution in [0.2, 0.25) is 0 Å². The van der Waals surface area contributed by atoms with E-state index in [0.717, 1.165) is 74.3 Å². The average molecular weight is 432 g/mol.